The van der Waals surface area contributed by atoms with E-state index in [1.165, 1.54) is 23.3 Å². The number of rotatable bonds is 9. The molecule has 0 heterocycles. The average molecular weight is 419 g/mol. The van der Waals surface area contributed by atoms with Crippen LogP contribution in [-0.4, -0.2) is 28.4 Å². The lowest BCUT2D eigenvalue weighted by molar-refractivity contribution is 0.328. The summed E-state index contributed by atoms with van der Waals surface area (Å²) in [4.78, 5) is 1.37. The lowest BCUT2D eigenvalue weighted by Crippen LogP contribution is -2.30. The lowest BCUT2D eigenvalue weighted by atomic mass is 10.0. The van der Waals surface area contributed by atoms with Crippen molar-refractivity contribution in [2.75, 3.05) is 19.3 Å². The second-order valence-electron chi connectivity index (χ2n) is 6.68. The molecule has 0 radical (unpaired) electrons. The third kappa shape index (κ3) is 7.39. The molecule has 1 unspecified atom stereocenters. The van der Waals surface area contributed by atoms with E-state index in [9.17, 15) is 0 Å². The Hall–Kier alpha value is 0.320. The first-order valence-corrected chi connectivity index (χ1v) is 11.1. The van der Waals surface area contributed by atoms with Crippen LogP contribution in [0.2, 0.25) is 0 Å². The van der Waals surface area contributed by atoms with Crippen LogP contribution in [0.1, 0.15) is 58.6 Å². The summed E-state index contributed by atoms with van der Waals surface area (Å²) in [6.45, 7) is 10.9. The Morgan fingerprint density at radius 1 is 1.30 bits per heavy atom. The molecular weight excluding hydrogens is 388 g/mol. The minimum Gasteiger partial charge on any atom is -0.330 e. The molecule has 0 bridgehead atoms. The normalized spacial score (nSPS) is 13.6. The molecule has 0 saturated carbocycles. The summed E-state index contributed by atoms with van der Waals surface area (Å²) in [5.41, 5.74) is 7.22. The fraction of sp³-hybridized carbons (Fsp3) is 0.667. The van der Waals surface area contributed by atoms with Crippen LogP contribution in [0.3, 0.4) is 0 Å². The van der Waals surface area contributed by atoms with Crippen LogP contribution in [0.15, 0.2) is 27.6 Å². The van der Waals surface area contributed by atoms with Gasteiger partial charge in [-0.2, -0.15) is 0 Å². The van der Waals surface area contributed by atoms with Crippen molar-refractivity contribution in [2.24, 2.45) is 5.73 Å². The summed E-state index contributed by atoms with van der Waals surface area (Å²) in [7, 11) is 0. The molecule has 0 aliphatic heterocycles. The summed E-state index contributed by atoms with van der Waals surface area (Å²) < 4.78 is 3.92. The first-order chi connectivity index (χ1) is 10.8. The molecule has 2 nitrogen and oxygen atoms in total. The summed E-state index contributed by atoms with van der Waals surface area (Å²) in [6.07, 6.45) is 5.55. The summed E-state index contributed by atoms with van der Waals surface area (Å²) in [5.74, 6) is 0. The van der Waals surface area contributed by atoms with Crippen molar-refractivity contribution >= 4 is 39.6 Å². The van der Waals surface area contributed by atoms with E-state index < -0.39 is 0 Å². The third-order valence-corrected chi connectivity index (χ3v) is 5.94. The number of hydrogen-bond acceptors (Lipinski definition) is 4. The quantitative estimate of drug-likeness (QED) is 0.386. The van der Waals surface area contributed by atoms with E-state index in [0.29, 0.717) is 6.04 Å². The zero-order valence-electron chi connectivity index (χ0n) is 15.1. The fourth-order valence-corrected chi connectivity index (χ4v) is 5.02. The van der Waals surface area contributed by atoms with Crippen LogP contribution in [-0.2, 0) is 0 Å². The van der Waals surface area contributed by atoms with Gasteiger partial charge in [0, 0.05) is 26.7 Å². The molecule has 23 heavy (non-hydrogen) atoms. The van der Waals surface area contributed by atoms with Crippen molar-refractivity contribution in [3.63, 3.8) is 0 Å². The van der Waals surface area contributed by atoms with Gasteiger partial charge in [0.25, 0.3) is 0 Å². The maximum atomic E-state index is 5.78. The molecule has 1 aromatic carbocycles. The van der Waals surface area contributed by atoms with E-state index in [0.717, 1.165) is 24.0 Å². The highest BCUT2D eigenvalue weighted by molar-refractivity contribution is 9.10. The smallest absolute Gasteiger partial charge is 0.0463 e. The Kier molecular flexibility index (Phi) is 9.61. The van der Waals surface area contributed by atoms with Crippen molar-refractivity contribution in [3.8, 4) is 0 Å². The van der Waals surface area contributed by atoms with E-state index >= 15 is 0 Å². The zero-order valence-corrected chi connectivity index (χ0v) is 18.3. The number of halogens is 1. The minimum atomic E-state index is 0.204. The Morgan fingerprint density at radius 2 is 2.00 bits per heavy atom. The van der Waals surface area contributed by atoms with Gasteiger partial charge < -0.3 is 5.73 Å². The molecule has 0 saturated heterocycles. The molecule has 1 atom stereocenters. The van der Waals surface area contributed by atoms with Crippen molar-refractivity contribution in [1.82, 2.24) is 4.31 Å². The molecule has 0 aromatic heterocycles. The predicted octanol–water partition coefficient (Wildman–Crippen LogP) is 6.11. The largest absolute Gasteiger partial charge is 0.330 e. The first kappa shape index (κ1) is 21.4. The molecule has 1 aromatic rings. The highest BCUT2D eigenvalue weighted by Crippen LogP contribution is 2.41. The predicted molar refractivity (Wildman–Crippen MR) is 111 cm³/mol. The zero-order chi connectivity index (χ0) is 17.5. The van der Waals surface area contributed by atoms with Crippen LogP contribution >= 0.6 is 39.6 Å². The molecule has 2 N–H and O–H groups in total. The standard InChI is InChI=1S/C18H31BrN2S2/c1-6-8-16(15-10-9-14(19)13-17(15)22-5)21(12-7-11-20)23-18(2,3)4/h9-10,13,16H,6-8,11-12,20H2,1-5H3. The second-order valence-corrected chi connectivity index (χ2v) is 10.3. The van der Waals surface area contributed by atoms with Gasteiger partial charge in [-0.1, -0.05) is 47.3 Å². The Bertz CT molecular complexity index is 475. The average Bonchev–Trinajstić information content (AvgIpc) is 2.48. The van der Waals surface area contributed by atoms with Crippen LogP contribution < -0.4 is 5.73 Å². The van der Waals surface area contributed by atoms with E-state index in [4.69, 9.17) is 5.73 Å². The van der Waals surface area contributed by atoms with E-state index in [1.54, 1.807) is 0 Å². The number of nitrogens with zero attached hydrogens (tertiary/aromatic N) is 1. The SMILES string of the molecule is CCCC(c1ccc(Br)cc1SC)N(CCCN)SC(C)(C)C. The van der Waals surface area contributed by atoms with Crippen molar-refractivity contribution in [1.29, 1.82) is 0 Å². The van der Waals surface area contributed by atoms with Crippen LogP contribution in [0.4, 0.5) is 0 Å². The summed E-state index contributed by atoms with van der Waals surface area (Å²) in [6, 6.07) is 7.13. The lowest BCUT2D eigenvalue weighted by Gasteiger charge is -2.36. The highest BCUT2D eigenvalue weighted by Gasteiger charge is 2.26. The molecular formula is C18H31BrN2S2. The topological polar surface area (TPSA) is 29.3 Å². The fourth-order valence-electron chi connectivity index (χ4n) is 2.55. The molecule has 0 aliphatic carbocycles. The highest BCUT2D eigenvalue weighted by atomic mass is 79.9. The van der Waals surface area contributed by atoms with Gasteiger partial charge in [-0.25, -0.2) is 4.31 Å². The summed E-state index contributed by atoms with van der Waals surface area (Å²) >= 11 is 7.40. The van der Waals surface area contributed by atoms with Gasteiger partial charge in [-0.15, -0.1) is 11.8 Å². The molecule has 0 spiro atoms. The second kappa shape index (κ2) is 10.3. The van der Waals surface area contributed by atoms with Crippen LogP contribution in [0, 0.1) is 0 Å². The molecule has 5 heteroatoms. The molecule has 1 rings (SSSR count). The molecule has 0 aliphatic rings. The molecule has 0 amide bonds. The van der Waals surface area contributed by atoms with Gasteiger partial charge in [0.1, 0.15) is 0 Å². The molecule has 0 fully saturated rings. The van der Waals surface area contributed by atoms with Crippen molar-refractivity contribution in [3.05, 3.63) is 28.2 Å². The van der Waals surface area contributed by atoms with E-state index in [-0.39, 0.29) is 4.75 Å². The van der Waals surface area contributed by atoms with E-state index in [2.05, 4.69) is 72.4 Å². The van der Waals surface area contributed by atoms with Crippen molar-refractivity contribution in [2.45, 2.75) is 62.6 Å². The van der Waals surface area contributed by atoms with Crippen molar-refractivity contribution < 1.29 is 0 Å². The third-order valence-electron chi connectivity index (χ3n) is 3.44. The number of nitrogens with two attached hydrogens (primary N) is 1. The van der Waals surface area contributed by atoms with Gasteiger partial charge in [0.2, 0.25) is 0 Å². The first-order valence-electron chi connectivity index (χ1n) is 8.31. The van der Waals surface area contributed by atoms with Gasteiger partial charge in [-0.3, -0.25) is 0 Å². The Morgan fingerprint density at radius 3 is 2.52 bits per heavy atom. The number of hydrogen-bond donors (Lipinski definition) is 1. The molecule has 132 valence electrons. The van der Waals surface area contributed by atoms with Gasteiger partial charge >= 0.3 is 0 Å². The summed E-state index contributed by atoms with van der Waals surface area (Å²) in [5, 5.41) is 0. The number of benzene rings is 1. The van der Waals surface area contributed by atoms with Crippen LogP contribution in [0.5, 0.6) is 0 Å². The Labute approximate surface area is 159 Å². The number of thioether (sulfide) groups is 1. The van der Waals surface area contributed by atoms with Gasteiger partial charge in [-0.05, 0) is 64.1 Å². The Balaban J connectivity index is 3.17. The van der Waals surface area contributed by atoms with Crippen LogP contribution in [0.25, 0.3) is 0 Å². The maximum absolute atomic E-state index is 5.78. The van der Waals surface area contributed by atoms with Gasteiger partial charge in [0.15, 0.2) is 0 Å². The van der Waals surface area contributed by atoms with Gasteiger partial charge in [0.05, 0.1) is 0 Å². The minimum absolute atomic E-state index is 0.204. The monoisotopic (exact) mass is 418 g/mol. The van der Waals surface area contributed by atoms with E-state index in [1.807, 2.05) is 23.7 Å². The maximum Gasteiger partial charge on any atom is 0.0463 e.